The van der Waals surface area contributed by atoms with E-state index in [9.17, 15) is 5.11 Å². The van der Waals surface area contributed by atoms with E-state index in [1.54, 1.807) is 6.92 Å². The summed E-state index contributed by atoms with van der Waals surface area (Å²) in [6.07, 6.45) is -0.542. The molecule has 0 bridgehead atoms. The van der Waals surface area contributed by atoms with Crippen molar-refractivity contribution in [3.05, 3.63) is 34.0 Å². The maximum absolute atomic E-state index is 9.87. The summed E-state index contributed by atoms with van der Waals surface area (Å²) < 4.78 is 2.07. The van der Waals surface area contributed by atoms with Crippen LogP contribution in [0.4, 0.5) is 0 Å². The number of fused-ring (bicyclic) bond motifs is 1. The van der Waals surface area contributed by atoms with Crippen LogP contribution in [0.1, 0.15) is 36.6 Å². The van der Waals surface area contributed by atoms with E-state index in [1.165, 1.54) is 11.1 Å². The van der Waals surface area contributed by atoms with Crippen LogP contribution in [0, 0.1) is 13.8 Å². The molecule has 0 aliphatic rings. The predicted molar refractivity (Wildman–Crippen MR) is 72.7 cm³/mol. The van der Waals surface area contributed by atoms with Gasteiger partial charge in [-0.25, -0.2) is 0 Å². The van der Waals surface area contributed by atoms with E-state index in [0.717, 1.165) is 23.0 Å². The molecular formula is C14H18ClNO. The van der Waals surface area contributed by atoms with Crippen LogP contribution in [0.2, 0.25) is 5.15 Å². The van der Waals surface area contributed by atoms with Gasteiger partial charge in [0, 0.05) is 17.5 Å². The van der Waals surface area contributed by atoms with Crippen LogP contribution in [-0.4, -0.2) is 9.67 Å². The van der Waals surface area contributed by atoms with Gasteiger partial charge in [-0.15, -0.1) is 0 Å². The third-order valence-electron chi connectivity index (χ3n) is 3.46. The molecule has 92 valence electrons. The highest BCUT2D eigenvalue weighted by Crippen LogP contribution is 2.36. The molecule has 3 heteroatoms. The molecule has 1 heterocycles. The minimum absolute atomic E-state index is 0.542. The number of hydrogen-bond acceptors (Lipinski definition) is 1. The minimum atomic E-state index is -0.542. The molecule has 1 unspecified atom stereocenters. The number of aryl methyl sites for hydroxylation is 3. The summed E-state index contributed by atoms with van der Waals surface area (Å²) in [7, 11) is 0. The van der Waals surface area contributed by atoms with Crippen molar-refractivity contribution in [2.75, 3.05) is 0 Å². The number of aliphatic hydroxyl groups excluding tert-OH is 1. The Morgan fingerprint density at radius 1 is 1.35 bits per heavy atom. The molecule has 0 amide bonds. The highest BCUT2D eigenvalue weighted by Gasteiger charge is 2.19. The second-order valence-corrected chi connectivity index (χ2v) is 4.89. The number of halogens is 1. The molecule has 1 atom stereocenters. The zero-order valence-corrected chi connectivity index (χ0v) is 11.5. The molecule has 2 nitrogen and oxygen atoms in total. The summed E-state index contributed by atoms with van der Waals surface area (Å²) in [6, 6.07) is 4.14. The van der Waals surface area contributed by atoms with Crippen LogP contribution in [-0.2, 0) is 6.54 Å². The van der Waals surface area contributed by atoms with Crippen LogP contribution < -0.4 is 0 Å². The van der Waals surface area contributed by atoms with E-state index in [2.05, 4.69) is 37.5 Å². The van der Waals surface area contributed by atoms with Crippen molar-refractivity contribution in [3.8, 4) is 0 Å². The maximum Gasteiger partial charge on any atom is 0.115 e. The van der Waals surface area contributed by atoms with E-state index in [4.69, 9.17) is 11.6 Å². The number of aromatic nitrogens is 1. The topological polar surface area (TPSA) is 25.2 Å². The smallest absolute Gasteiger partial charge is 0.115 e. The lowest BCUT2D eigenvalue weighted by molar-refractivity contribution is 0.200. The molecule has 1 aromatic carbocycles. The molecule has 0 radical (unpaired) electrons. The molecular weight excluding hydrogens is 234 g/mol. The van der Waals surface area contributed by atoms with Crippen LogP contribution >= 0.6 is 11.6 Å². The van der Waals surface area contributed by atoms with Crippen molar-refractivity contribution in [1.82, 2.24) is 4.57 Å². The summed E-state index contributed by atoms with van der Waals surface area (Å²) in [6.45, 7) is 8.84. The van der Waals surface area contributed by atoms with E-state index >= 15 is 0 Å². The van der Waals surface area contributed by atoms with Gasteiger partial charge in [-0.3, -0.25) is 0 Å². The number of rotatable bonds is 2. The monoisotopic (exact) mass is 251 g/mol. The van der Waals surface area contributed by atoms with Crippen molar-refractivity contribution in [1.29, 1.82) is 0 Å². The first-order chi connectivity index (χ1) is 7.99. The van der Waals surface area contributed by atoms with E-state index in [1.807, 2.05) is 0 Å². The third-order valence-corrected chi connectivity index (χ3v) is 3.86. The molecule has 0 saturated carbocycles. The molecule has 0 spiro atoms. The van der Waals surface area contributed by atoms with Gasteiger partial charge in [-0.1, -0.05) is 23.7 Å². The quantitative estimate of drug-likeness (QED) is 0.858. The molecule has 17 heavy (non-hydrogen) atoms. The van der Waals surface area contributed by atoms with Gasteiger partial charge in [0.05, 0.1) is 11.6 Å². The highest BCUT2D eigenvalue weighted by atomic mass is 35.5. The zero-order valence-electron chi connectivity index (χ0n) is 10.7. The molecule has 2 aromatic rings. The van der Waals surface area contributed by atoms with E-state index in [0.29, 0.717) is 5.15 Å². The zero-order chi connectivity index (χ0) is 12.7. The predicted octanol–water partition coefficient (Wildman–Crippen LogP) is 3.98. The van der Waals surface area contributed by atoms with Gasteiger partial charge >= 0.3 is 0 Å². The average Bonchev–Trinajstić information content (AvgIpc) is 2.56. The van der Waals surface area contributed by atoms with E-state index in [-0.39, 0.29) is 0 Å². The Hall–Kier alpha value is -0.990. The van der Waals surface area contributed by atoms with Gasteiger partial charge in [0.25, 0.3) is 0 Å². The Kier molecular flexibility index (Phi) is 3.19. The number of benzene rings is 1. The Labute approximate surface area is 107 Å². The summed E-state index contributed by atoms with van der Waals surface area (Å²) >= 11 is 6.37. The molecule has 0 aliphatic carbocycles. The molecule has 1 N–H and O–H groups in total. The van der Waals surface area contributed by atoms with Crippen LogP contribution in [0.25, 0.3) is 10.9 Å². The lowest BCUT2D eigenvalue weighted by Crippen LogP contribution is -1.97. The normalized spacial score (nSPS) is 13.3. The second-order valence-electron chi connectivity index (χ2n) is 4.53. The first-order valence-corrected chi connectivity index (χ1v) is 6.32. The first kappa shape index (κ1) is 12.5. The minimum Gasteiger partial charge on any atom is -0.389 e. The van der Waals surface area contributed by atoms with E-state index < -0.39 is 6.10 Å². The standard InChI is InChI=1S/C14H18ClNO/c1-5-16-13-9(3)8(2)6-7-11(13)12(10(4)17)14(16)15/h6-7,10,17H,5H2,1-4H3. The van der Waals surface area contributed by atoms with Gasteiger partial charge in [0.2, 0.25) is 0 Å². The van der Waals surface area contributed by atoms with Crippen LogP contribution in [0.5, 0.6) is 0 Å². The summed E-state index contributed by atoms with van der Waals surface area (Å²) in [4.78, 5) is 0. The molecule has 0 saturated heterocycles. The lowest BCUT2D eigenvalue weighted by atomic mass is 10.0. The van der Waals surface area contributed by atoms with Gasteiger partial charge in [0.1, 0.15) is 5.15 Å². The SMILES string of the molecule is CCn1c(Cl)c(C(C)O)c2ccc(C)c(C)c21. The van der Waals surface area contributed by atoms with Gasteiger partial charge in [0.15, 0.2) is 0 Å². The fraction of sp³-hybridized carbons (Fsp3) is 0.429. The lowest BCUT2D eigenvalue weighted by Gasteiger charge is -2.07. The molecule has 0 fully saturated rings. The average molecular weight is 252 g/mol. The van der Waals surface area contributed by atoms with Crippen molar-refractivity contribution >= 4 is 22.5 Å². The van der Waals surface area contributed by atoms with Crippen molar-refractivity contribution in [2.24, 2.45) is 0 Å². The van der Waals surface area contributed by atoms with Crippen molar-refractivity contribution < 1.29 is 5.11 Å². The second kappa shape index (κ2) is 4.35. The first-order valence-electron chi connectivity index (χ1n) is 5.94. The Bertz CT molecular complexity index is 569. The Morgan fingerprint density at radius 2 is 2.00 bits per heavy atom. The van der Waals surface area contributed by atoms with Crippen molar-refractivity contribution in [3.63, 3.8) is 0 Å². The Balaban J connectivity index is 2.95. The van der Waals surface area contributed by atoms with Gasteiger partial charge in [-0.2, -0.15) is 0 Å². The maximum atomic E-state index is 9.87. The number of hydrogen-bond donors (Lipinski definition) is 1. The summed E-state index contributed by atoms with van der Waals surface area (Å²) in [5, 5.41) is 11.6. The van der Waals surface area contributed by atoms with Crippen LogP contribution in [0.15, 0.2) is 12.1 Å². The fourth-order valence-electron chi connectivity index (χ4n) is 2.42. The van der Waals surface area contributed by atoms with Gasteiger partial charge < -0.3 is 9.67 Å². The number of nitrogens with zero attached hydrogens (tertiary/aromatic N) is 1. The third kappa shape index (κ3) is 1.76. The Morgan fingerprint density at radius 3 is 2.53 bits per heavy atom. The van der Waals surface area contributed by atoms with Crippen LogP contribution in [0.3, 0.4) is 0 Å². The summed E-state index contributed by atoms with van der Waals surface area (Å²) in [5.74, 6) is 0. The number of aliphatic hydroxyl groups is 1. The van der Waals surface area contributed by atoms with Gasteiger partial charge in [-0.05, 0) is 38.8 Å². The fourth-order valence-corrected chi connectivity index (χ4v) is 2.88. The summed E-state index contributed by atoms with van der Waals surface area (Å²) in [5.41, 5.74) is 4.47. The molecule has 0 aliphatic heterocycles. The molecule has 2 rings (SSSR count). The van der Waals surface area contributed by atoms with Crippen molar-refractivity contribution in [2.45, 2.75) is 40.3 Å². The highest BCUT2D eigenvalue weighted by molar-refractivity contribution is 6.32. The molecule has 1 aromatic heterocycles. The largest absolute Gasteiger partial charge is 0.389 e.